The van der Waals surface area contributed by atoms with Gasteiger partial charge in [0, 0.05) is 12.2 Å². The largest absolute Gasteiger partial charge is 0.491 e. The van der Waals surface area contributed by atoms with Gasteiger partial charge in [0.25, 0.3) is 0 Å². The van der Waals surface area contributed by atoms with Gasteiger partial charge in [0.15, 0.2) is 0 Å². The van der Waals surface area contributed by atoms with E-state index in [0.29, 0.717) is 11.4 Å². The van der Waals surface area contributed by atoms with Crippen molar-refractivity contribution in [2.45, 2.75) is 51.9 Å². The molecule has 1 aliphatic heterocycles. The molecule has 0 spiro atoms. The number of likely N-dealkylation sites (tertiary alicyclic amines) is 1. The number of nitrogens with zero attached hydrogens (tertiary/aromatic N) is 1. The van der Waals surface area contributed by atoms with E-state index >= 15 is 0 Å². The highest BCUT2D eigenvalue weighted by Gasteiger charge is 2.56. The summed E-state index contributed by atoms with van der Waals surface area (Å²) < 4.78 is 44.8. The number of carbonyl (C=O) groups is 1. The summed E-state index contributed by atoms with van der Waals surface area (Å²) in [5, 5.41) is 2.66. The second-order valence-corrected chi connectivity index (χ2v) is 6.81. The van der Waals surface area contributed by atoms with Crippen LogP contribution in [0.3, 0.4) is 0 Å². The van der Waals surface area contributed by atoms with Crippen LogP contribution in [0.5, 0.6) is 5.75 Å². The fourth-order valence-electron chi connectivity index (χ4n) is 3.10. The van der Waals surface area contributed by atoms with Crippen LogP contribution in [-0.4, -0.2) is 35.3 Å². The van der Waals surface area contributed by atoms with Crippen LogP contribution in [-0.2, 0) is 0 Å². The quantitative estimate of drug-likeness (QED) is 0.866. The van der Waals surface area contributed by atoms with Crippen LogP contribution in [0.15, 0.2) is 24.3 Å². The molecule has 1 heterocycles. The molecule has 7 heteroatoms. The first-order chi connectivity index (χ1) is 11.0. The maximum Gasteiger partial charge on any atom is 0.394 e. The second-order valence-electron chi connectivity index (χ2n) is 6.81. The minimum Gasteiger partial charge on any atom is -0.491 e. The molecular weight excluding hydrogens is 321 g/mol. The van der Waals surface area contributed by atoms with Gasteiger partial charge in [0.2, 0.25) is 0 Å². The lowest BCUT2D eigenvalue weighted by molar-refractivity contribution is -0.189. The molecule has 0 radical (unpaired) electrons. The van der Waals surface area contributed by atoms with Gasteiger partial charge in [0.05, 0.1) is 17.6 Å². The Hall–Kier alpha value is -1.92. The summed E-state index contributed by atoms with van der Waals surface area (Å²) in [5.41, 5.74) is -0.759. The Kier molecular flexibility index (Phi) is 5.01. The third-order valence-corrected chi connectivity index (χ3v) is 4.31. The third kappa shape index (κ3) is 3.94. The maximum absolute atomic E-state index is 13.1. The van der Waals surface area contributed by atoms with Crippen LogP contribution in [0.1, 0.15) is 34.1 Å². The van der Waals surface area contributed by atoms with E-state index in [2.05, 4.69) is 5.32 Å². The Morgan fingerprint density at radius 2 is 1.88 bits per heavy atom. The van der Waals surface area contributed by atoms with Crippen LogP contribution in [0, 0.1) is 5.92 Å². The number of rotatable bonds is 3. The first-order valence-corrected chi connectivity index (χ1v) is 7.94. The summed E-state index contributed by atoms with van der Waals surface area (Å²) in [6.07, 6.45) is -4.35. The number of alkyl halides is 3. The lowest BCUT2D eigenvalue weighted by atomic mass is 9.88. The van der Waals surface area contributed by atoms with Crippen LogP contribution in [0.4, 0.5) is 23.7 Å². The van der Waals surface area contributed by atoms with Gasteiger partial charge >= 0.3 is 12.2 Å². The zero-order valence-electron chi connectivity index (χ0n) is 14.3. The molecule has 0 aliphatic carbocycles. The van der Waals surface area contributed by atoms with Crippen molar-refractivity contribution in [2.24, 2.45) is 5.92 Å². The van der Waals surface area contributed by atoms with Crippen LogP contribution in [0.2, 0.25) is 0 Å². The molecule has 2 amide bonds. The van der Waals surface area contributed by atoms with Gasteiger partial charge in [-0.05, 0) is 58.4 Å². The minimum absolute atomic E-state index is 0.0372. The van der Waals surface area contributed by atoms with Crippen molar-refractivity contribution in [3.63, 3.8) is 0 Å². The van der Waals surface area contributed by atoms with E-state index in [-0.39, 0.29) is 19.1 Å². The maximum atomic E-state index is 13.1. The number of nitrogens with one attached hydrogen (secondary N) is 1. The van der Waals surface area contributed by atoms with E-state index in [1.165, 1.54) is 18.7 Å². The SMILES string of the molecule is CC(C)Oc1ccc(NC(=O)N2CC[C@H](C(F)(F)F)C2(C)C)cc1. The molecule has 1 saturated heterocycles. The highest BCUT2D eigenvalue weighted by molar-refractivity contribution is 5.90. The van der Waals surface area contributed by atoms with Crippen molar-refractivity contribution in [2.75, 3.05) is 11.9 Å². The summed E-state index contributed by atoms with van der Waals surface area (Å²) in [6, 6.07) is 6.23. The molecule has 24 heavy (non-hydrogen) atoms. The first-order valence-electron chi connectivity index (χ1n) is 7.94. The number of amides is 2. The zero-order chi connectivity index (χ0) is 18.1. The minimum atomic E-state index is -4.31. The molecule has 0 unspecified atom stereocenters. The number of carbonyl (C=O) groups excluding carboxylic acids is 1. The van der Waals surface area contributed by atoms with Gasteiger partial charge in [-0.15, -0.1) is 0 Å². The van der Waals surface area contributed by atoms with E-state index in [9.17, 15) is 18.0 Å². The topological polar surface area (TPSA) is 41.6 Å². The molecule has 1 aromatic rings. The van der Waals surface area contributed by atoms with Gasteiger partial charge in [-0.2, -0.15) is 13.2 Å². The summed E-state index contributed by atoms with van der Waals surface area (Å²) >= 11 is 0. The number of urea groups is 1. The Bertz CT molecular complexity index is 582. The molecular formula is C17H23F3N2O2. The van der Waals surface area contributed by atoms with E-state index in [1.54, 1.807) is 24.3 Å². The van der Waals surface area contributed by atoms with Gasteiger partial charge in [0.1, 0.15) is 5.75 Å². The third-order valence-electron chi connectivity index (χ3n) is 4.31. The number of hydrogen-bond acceptors (Lipinski definition) is 2. The number of benzene rings is 1. The molecule has 2 rings (SSSR count). The normalized spacial score (nSPS) is 20.3. The van der Waals surface area contributed by atoms with Crippen molar-refractivity contribution in [1.29, 1.82) is 0 Å². The average molecular weight is 344 g/mol. The van der Waals surface area contributed by atoms with E-state index in [1.807, 2.05) is 13.8 Å². The number of halogens is 3. The number of ether oxygens (including phenoxy) is 1. The molecule has 1 N–H and O–H groups in total. The first kappa shape index (κ1) is 18.4. The van der Waals surface area contributed by atoms with Gasteiger partial charge in [-0.25, -0.2) is 4.79 Å². The molecule has 1 aliphatic rings. The van der Waals surface area contributed by atoms with Crippen molar-refractivity contribution >= 4 is 11.7 Å². The van der Waals surface area contributed by atoms with Gasteiger partial charge in [-0.1, -0.05) is 0 Å². The standard InChI is InChI=1S/C17H23F3N2O2/c1-11(2)24-13-7-5-12(6-8-13)21-15(23)22-10-9-14(16(22,3)4)17(18,19)20/h5-8,11,14H,9-10H2,1-4H3,(H,21,23)/t14-/m0/s1. The van der Waals surface area contributed by atoms with E-state index in [4.69, 9.17) is 4.74 Å². The Balaban J connectivity index is 2.05. The fraction of sp³-hybridized carbons (Fsp3) is 0.588. The average Bonchev–Trinajstić information content (AvgIpc) is 2.75. The predicted octanol–water partition coefficient (Wildman–Crippen LogP) is 4.67. The molecule has 134 valence electrons. The Morgan fingerprint density at radius 3 is 2.33 bits per heavy atom. The van der Waals surface area contributed by atoms with Crippen molar-refractivity contribution in [1.82, 2.24) is 4.90 Å². The van der Waals surface area contributed by atoms with E-state index in [0.717, 1.165) is 0 Å². The van der Waals surface area contributed by atoms with Crippen LogP contribution >= 0.6 is 0 Å². The zero-order valence-corrected chi connectivity index (χ0v) is 14.3. The van der Waals surface area contributed by atoms with Crippen LogP contribution in [0.25, 0.3) is 0 Å². The Labute approximate surface area is 140 Å². The van der Waals surface area contributed by atoms with E-state index < -0.39 is 23.7 Å². The fourth-order valence-corrected chi connectivity index (χ4v) is 3.10. The molecule has 0 aromatic heterocycles. The lowest BCUT2D eigenvalue weighted by Crippen LogP contribution is -2.51. The number of anilines is 1. The molecule has 1 atom stereocenters. The lowest BCUT2D eigenvalue weighted by Gasteiger charge is -2.36. The summed E-state index contributed by atoms with van der Waals surface area (Å²) in [4.78, 5) is 13.6. The monoisotopic (exact) mass is 344 g/mol. The van der Waals surface area contributed by atoms with Gasteiger partial charge < -0.3 is 15.0 Å². The predicted molar refractivity (Wildman–Crippen MR) is 86.2 cm³/mol. The summed E-state index contributed by atoms with van der Waals surface area (Å²) in [7, 11) is 0. The molecule has 0 bridgehead atoms. The summed E-state index contributed by atoms with van der Waals surface area (Å²) in [6.45, 7) is 6.80. The molecule has 1 fully saturated rings. The highest BCUT2D eigenvalue weighted by Crippen LogP contribution is 2.44. The smallest absolute Gasteiger partial charge is 0.394 e. The van der Waals surface area contributed by atoms with Crippen molar-refractivity contribution in [3.05, 3.63) is 24.3 Å². The second kappa shape index (κ2) is 6.53. The van der Waals surface area contributed by atoms with Gasteiger partial charge in [-0.3, -0.25) is 0 Å². The van der Waals surface area contributed by atoms with Crippen LogP contribution < -0.4 is 10.1 Å². The van der Waals surface area contributed by atoms with Crippen molar-refractivity contribution in [3.8, 4) is 5.75 Å². The molecule has 1 aromatic carbocycles. The Morgan fingerprint density at radius 1 is 1.29 bits per heavy atom. The highest BCUT2D eigenvalue weighted by atomic mass is 19.4. The van der Waals surface area contributed by atoms with Crippen molar-refractivity contribution < 1.29 is 22.7 Å². The molecule has 0 saturated carbocycles. The molecule has 4 nitrogen and oxygen atoms in total. The summed E-state index contributed by atoms with van der Waals surface area (Å²) in [5.74, 6) is -0.848. The number of hydrogen-bond donors (Lipinski definition) is 1.